The lowest BCUT2D eigenvalue weighted by Gasteiger charge is -2.07. The molecule has 1 heterocycles. The smallest absolute Gasteiger partial charge is 0.313 e. The first-order chi connectivity index (χ1) is 9.11. The van der Waals surface area contributed by atoms with Crippen molar-refractivity contribution in [3.05, 3.63) is 45.6 Å². The van der Waals surface area contributed by atoms with Crippen LogP contribution in [0.2, 0.25) is 5.02 Å². The van der Waals surface area contributed by atoms with E-state index in [0.717, 1.165) is 0 Å². The van der Waals surface area contributed by atoms with E-state index in [1.54, 1.807) is 7.05 Å². The van der Waals surface area contributed by atoms with Crippen molar-refractivity contribution in [2.75, 3.05) is 12.4 Å². The summed E-state index contributed by atoms with van der Waals surface area (Å²) in [7, 11) is 1.65. The Morgan fingerprint density at radius 3 is 2.89 bits per heavy atom. The Labute approximate surface area is 113 Å². The molecule has 0 saturated heterocycles. The number of hydrogen-bond acceptors (Lipinski definition) is 6. The molecule has 19 heavy (non-hydrogen) atoms. The molecule has 98 valence electrons. The summed E-state index contributed by atoms with van der Waals surface area (Å²) in [6.07, 6.45) is 1.47. The molecule has 1 N–H and O–H groups in total. The molecule has 0 saturated carbocycles. The number of rotatable bonds is 4. The highest BCUT2D eigenvalue weighted by atomic mass is 35.5. The van der Waals surface area contributed by atoms with Gasteiger partial charge in [0.05, 0.1) is 9.95 Å². The zero-order chi connectivity index (χ0) is 13.8. The highest BCUT2D eigenvalue weighted by Gasteiger charge is 2.19. The van der Waals surface area contributed by atoms with Crippen LogP contribution in [0.4, 0.5) is 11.6 Å². The lowest BCUT2D eigenvalue weighted by molar-refractivity contribution is -0.385. The summed E-state index contributed by atoms with van der Waals surface area (Å²) in [6.45, 7) is 0. The summed E-state index contributed by atoms with van der Waals surface area (Å²) < 4.78 is 5.38. The number of nitro groups is 1. The van der Waals surface area contributed by atoms with E-state index in [0.29, 0.717) is 5.95 Å². The molecule has 2 rings (SSSR count). The van der Waals surface area contributed by atoms with Gasteiger partial charge >= 0.3 is 5.69 Å². The van der Waals surface area contributed by atoms with E-state index in [-0.39, 0.29) is 22.3 Å². The average molecular weight is 281 g/mol. The van der Waals surface area contributed by atoms with Crippen molar-refractivity contribution in [1.82, 2.24) is 9.97 Å². The van der Waals surface area contributed by atoms with Crippen molar-refractivity contribution in [2.24, 2.45) is 0 Å². The number of aromatic nitrogens is 2. The lowest BCUT2D eigenvalue weighted by Crippen LogP contribution is -1.99. The third kappa shape index (κ3) is 2.89. The van der Waals surface area contributed by atoms with Crippen molar-refractivity contribution in [2.45, 2.75) is 0 Å². The van der Waals surface area contributed by atoms with Gasteiger partial charge in [-0.3, -0.25) is 10.1 Å². The number of anilines is 1. The minimum atomic E-state index is -0.568. The number of nitrogens with one attached hydrogen (secondary N) is 1. The first-order valence-electron chi connectivity index (χ1n) is 5.23. The SMILES string of the molecule is CNc1nccc(Oc2c(Cl)cccc2[N+](=O)[O-])n1. The van der Waals surface area contributed by atoms with Crippen LogP contribution in [0.1, 0.15) is 0 Å². The minimum Gasteiger partial charge on any atom is -0.430 e. The monoisotopic (exact) mass is 280 g/mol. The van der Waals surface area contributed by atoms with E-state index in [2.05, 4.69) is 15.3 Å². The molecule has 1 aromatic carbocycles. The maximum Gasteiger partial charge on any atom is 0.313 e. The Hall–Kier alpha value is -2.41. The molecule has 0 aliphatic rings. The molecular weight excluding hydrogens is 272 g/mol. The second kappa shape index (κ2) is 5.49. The normalized spacial score (nSPS) is 10.0. The Kier molecular flexibility index (Phi) is 3.76. The molecule has 0 aliphatic carbocycles. The molecule has 0 spiro atoms. The van der Waals surface area contributed by atoms with Crippen LogP contribution in [0.25, 0.3) is 0 Å². The topological polar surface area (TPSA) is 90.2 Å². The molecule has 0 amide bonds. The molecule has 8 heteroatoms. The highest BCUT2D eigenvalue weighted by molar-refractivity contribution is 6.32. The molecule has 1 aromatic heterocycles. The number of hydrogen-bond donors (Lipinski definition) is 1. The Balaban J connectivity index is 2.40. The second-order valence-corrected chi connectivity index (χ2v) is 3.82. The van der Waals surface area contributed by atoms with Crippen molar-refractivity contribution >= 4 is 23.2 Å². The molecule has 7 nitrogen and oxygen atoms in total. The number of ether oxygens (including phenoxy) is 1. The molecule has 2 aromatic rings. The summed E-state index contributed by atoms with van der Waals surface area (Å²) in [6, 6.07) is 5.77. The van der Waals surface area contributed by atoms with Crippen LogP contribution in [0.15, 0.2) is 30.5 Å². The largest absolute Gasteiger partial charge is 0.430 e. The fraction of sp³-hybridized carbons (Fsp3) is 0.0909. The van der Waals surface area contributed by atoms with Gasteiger partial charge < -0.3 is 10.1 Å². The standard InChI is InChI=1S/C11H9ClN4O3/c1-13-11-14-6-5-9(15-11)19-10-7(12)3-2-4-8(10)16(17)18/h2-6H,1H3,(H,13,14,15). The van der Waals surface area contributed by atoms with E-state index < -0.39 is 4.92 Å². The third-order valence-corrected chi connectivity index (χ3v) is 2.50. The third-order valence-electron chi connectivity index (χ3n) is 2.20. The van der Waals surface area contributed by atoms with Gasteiger partial charge in [-0.2, -0.15) is 4.98 Å². The molecule has 0 aliphatic heterocycles. The average Bonchev–Trinajstić information content (AvgIpc) is 2.41. The maximum atomic E-state index is 10.9. The zero-order valence-corrected chi connectivity index (χ0v) is 10.6. The second-order valence-electron chi connectivity index (χ2n) is 3.42. The number of halogens is 1. The minimum absolute atomic E-state index is 0.0464. The summed E-state index contributed by atoms with van der Waals surface area (Å²) >= 11 is 5.91. The summed E-state index contributed by atoms with van der Waals surface area (Å²) in [4.78, 5) is 18.3. The summed E-state index contributed by atoms with van der Waals surface area (Å²) in [5.41, 5.74) is -0.225. The van der Waals surface area contributed by atoms with Crippen LogP contribution in [-0.4, -0.2) is 21.9 Å². The van der Waals surface area contributed by atoms with Gasteiger partial charge in [-0.15, -0.1) is 0 Å². The predicted octanol–water partition coefficient (Wildman–Crippen LogP) is 2.87. The number of nitrogens with zero attached hydrogens (tertiary/aromatic N) is 3. The summed E-state index contributed by atoms with van der Waals surface area (Å²) in [5, 5.41) is 13.8. The highest BCUT2D eigenvalue weighted by Crippen LogP contribution is 2.37. The van der Waals surface area contributed by atoms with Gasteiger partial charge in [-0.25, -0.2) is 4.98 Å². The van der Waals surface area contributed by atoms with E-state index >= 15 is 0 Å². The van der Waals surface area contributed by atoms with E-state index in [1.807, 2.05) is 0 Å². The Morgan fingerprint density at radius 2 is 2.21 bits per heavy atom. The van der Waals surface area contributed by atoms with Crippen LogP contribution < -0.4 is 10.1 Å². The van der Waals surface area contributed by atoms with Gasteiger partial charge in [0.1, 0.15) is 0 Å². The van der Waals surface area contributed by atoms with E-state index in [4.69, 9.17) is 16.3 Å². The van der Waals surface area contributed by atoms with Gasteiger partial charge in [0.2, 0.25) is 17.6 Å². The summed E-state index contributed by atoms with van der Waals surface area (Å²) in [5.74, 6) is 0.456. The van der Waals surface area contributed by atoms with Gasteiger partial charge in [-0.05, 0) is 6.07 Å². The van der Waals surface area contributed by atoms with Gasteiger partial charge in [0.25, 0.3) is 0 Å². The van der Waals surface area contributed by atoms with Crippen LogP contribution in [0.5, 0.6) is 11.6 Å². The molecular formula is C11H9ClN4O3. The maximum absolute atomic E-state index is 10.9. The van der Waals surface area contributed by atoms with Crippen molar-refractivity contribution in [3.63, 3.8) is 0 Å². The van der Waals surface area contributed by atoms with Gasteiger partial charge in [0.15, 0.2) is 0 Å². The zero-order valence-electron chi connectivity index (χ0n) is 9.83. The van der Waals surface area contributed by atoms with Crippen LogP contribution >= 0.6 is 11.6 Å². The first kappa shape index (κ1) is 13.0. The molecule has 0 radical (unpaired) electrons. The quantitative estimate of drug-likeness (QED) is 0.684. The fourth-order valence-electron chi connectivity index (χ4n) is 1.37. The molecule has 0 fully saturated rings. The Morgan fingerprint density at radius 1 is 1.42 bits per heavy atom. The number of para-hydroxylation sites is 1. The first-order valence-corrected chi connectivity index (χ1v) is 5.61. The Bertz CT molecular complexity index is 621. The van der Waals surface area contributed by atoms with Crippen molar-refractivity contribution < 1.29 is 9.66 Å². The van der Waals surface area contributed by atoms with Crippen LogP contribution in [-0.2, 0) is 0 Å². The molecule has 0 atom stereocenters. The van der Waals surface area contributed by atoms with Crippen LogP contribution in [0.3, 0.4) is 0 Å². The van der Waals surface area contributed by atoms with Crippen molar-refractivity contribution in [3.8, 4) is 11.6 Å². The lowest BCUT2D eigenvalue weighted by atomic mass is 10.3. The van der Waals surface area contributed by atoms with E-state index in [9.17, 15) is 10.1 Å². The fourth-order valence-corrected chi connectivity index (χ4v) is 1.57. The predicted molar refractivity (Wildman–Crippen MR) is 69.8 cm³/mol. The van der Waals surface area contributed by atoms with Gasteiger partial charge in [-0.1, -0.05) is 17.7 Å². The number of nitro benzene ring substituents is 1. The van der Waals surface area contributed by atoms with E-state index in [1.165, 1.54) is 30.5 Å². The van der Waals surface area contributed by atoms with Gasteiger partial charge in [0, 0.05) is 25.4 Å². The van der Waals surface area contributed by atoms with Crippen molar-refractivity contribution in [1.29, 1.82) is 0 Å². The number of benzene rings is 1. The molecule has 0 bridgehead atoms. The molecule has 0 unspecified atom stereocenters. The van der Waals surface area contributed by atoms with Crippen LogP contribution in [0, 0.1) is 10.1 Å².